The Kier molecular flexibility index (Phi) is 3.21. The molecule has 2 N–H and O–H groups in total. The van der Waals surface area contributed by atoms with Gasteiger partial charge in [0.15, 0.2) is 9.84 Å². The molecule has 0 radical (unpaired) electrons. The molecule has 0 saturated carbocycles. The first kappa shape index (κ1) is 13.2. The fourth-order valence-corrected chi connectivity index (χ4v) is 3.62. The van der Waals surface area contributed by atoms with Crippen LogP contribution in [-0.4, -0.2) is 49.3 Å². The zero-order chi connectivity index (χ0) is 12.6. The minimum atomic E-state index is -5.08. The number of sulfone groups is 1. The Morgan fingerprint density at radius 2 is 1.69 bits per heavy atom. The first-order valence-corrected chi connectivity index (χ1v) is 6.14. The summed E-state index contributed by atoms with van der Waals surface area (Å²) in [5.41, 5.74) is 0.0405. The van der Waals surface area contributed by atoms with Gasteiger partial charge in [0.1, 0.15) is 0 Å². The monoisotopic (exact) mass is 261 g/mol. The first-order valence-electron chi connectivity index (χ1n) is 4.32. The average molecular weight is 261 g/mol. The Bertz CT molecular complexity index is 371. The second-order valence-electron chi connectivity index (χ2n) is 3.79. The Morgan fingerprint density at radius 3 is 1.75 bits per heavy atom. The van der Waals surface area contributed by atoms with Crippen molar-refractivity contribution in [3.63, 3.8) is 0 Å². The van der Waals surface area contributed by atoms with Gasteiger partial charge >= 0.3 is 12.1 Å². The van der Waals surface area contributed by atoms with Crippen molar-refractivity contribution in [1.29, 1.82) is 0 Å². The van der Waals surface area contributed by atoms with Gasteiger partial charge in [-0.2, -0.15) is 13.2 Å². The summed E-state index contributed by atoms with van der Waals surface area (Å²) in [7, 11) is -2.61. The molecular weight excluding hydrogens is 251 g/mol. The number of hydrogen-bond donors (Lipinski definition) is 2. The maximum absolute atomic E-state index is 10.7. The van der Waals surface area contributed by atoms with E-state index in [1.54, 1.807) is 0 Å². The number of rotatable bonds is 0. The standard InChI is InChI=1S/C5H9NO2S.C2HF3O2/c7-9(8)3-5(4-9)1-2-6-5;3-2(4,5)1(6)7/h6H,1-4H2;(H,6,7). The van der Waals surface area contributed by atoms with Crippen molar-refractivity contribution < 1.29 is 31.5 Å². The van der Waals surface area contributed by atoms with Crippen molar-refractivity contribution in [3.8, 4) is 0 Å². The molecule has 9 heteroatoms. The molecule has 1 spiro atoms. The van der Waals surface area contributed by atoms with Crippen LogP contribution in [0.15, 0.2) is 0 Å². The van der Waals surface area contributed by atoms with Crippen molar-refractivity contribution in [2.45, 2.75) is 18.1 Å². The van der Waals surface area contributed by atoms with E-state index in [1.807, 2.05) is 0 Å². The quantitative estimate of drug-likeness (QED) is 0.630. The topological polar surface area (TPSA) is 83.5 Å². The third-order valence-corrected chi connectivity index (χ3v) is 4.32. The molecule has 2 rings (SSSR count). The number of carboxylic acids is 1. The molecule has 2 heterocycles. The van der Waals surface area contributed by atoms with Crippen LogP contribution in [0.4, 0.5) is 13.2 Å². The zero-order valence-electron chi connectivity index (χ0n) is 8.04. The number of alkyl halides is 3. The SMILES string of the molecule is O=C(O)C(F)(F)F.O=S1(=O)CC2(CCN2)C1. The van der Waals surface area contributed by atoms with E-state index in [0.29, 0.717) is 11.5 Å². The average Bonchev–Trinajstić information content (AvgIpc) is 1.95. The lowest BCUT2D eigenvalue weighted by molar-refractivity contribution is -0.192. The van der Waals surface area contributed by atoms with E-state index in [9.17, 15) is 21.6 Å². The Labute approximate surface area is 89.6 Å². The number of hydrogen-bond acceptors (Lipinski definition) is 4. The largest absolute Gasteiger partial charge is 0.490 e. The van der Waals surface area contributed by atoms with E-state index in [2.05, 4.69) is 5.32 Å². The second kappa shape index (κ2) is 3.88. The molecule has 0 bridgehead atoms. The highest BCUT2D eigenvalue weighted by molar-refractivity contribution is 7.93. The molecular formula is C7H10F3NO4S. The van der Waals surface area contributed by atoms with Gasteiger partial charge in [-0.05, 0) is 13.0 Å². The summed E-state index contributed by atoms with van der Waals surface area (Å²) < 4.78 is 53.0. The van der Waals surface area contributed by atoms with Crippen LogP contribution in [0.5, 0.6) is 0 Å². The maximum atomic E-state index is 10.7. The zero-order valence-corrected chi connectivity index (χ0v) is 8.86. The third kappa shape index (κ3) is 3.08. The van der Waals surface area contributed by atoms with Crippen LogP contribution in [-0.2, 0) is 14.6 Å². The number of halogens is 3. The van der Waals surface area contributed by atoms with Crippen molar-refractivity contribution in [3.05, 3.63) is 0 Å². The molecule has 0 aliphatic carbocycles. The molecule has 0 aromatic rings. The smallest absolute Gasteiger partial charge is 0.475 e. The van der Waals surface area contributed by atoms with Gasteiger partial charge in [0.2, 0.25) is 0 Å². The lowest BCUT2D eigenvalue weighted by Gasteiger charge is -2.49. The lowest BCUT2D eigenvalue weighted by Crippen LogP contribution is -2.71. The van der Waals surface area contributed by atoms with Crippen LogP contribution in [0.2, 0.25) is 0 Å². The lowest BCUT2D eigenvalue weighted by atomic mass is 9.92. The van der Waals surface area contributed by atoms with E-state index in [1.165, 1.54) is 0 Å². The van der Waals surface area contributed by atoms with E-state index in [0.717, 1.165) is 13.0 Å². The predicted octanol–water partition coefficient (Wildman–Crippen LogP) is -0.220. The van der Waals surface area contributed by atoms with Crippen LogP contribution < -0.4 is 5.32 Å². The summed E-state index contributed by atoms with van der Waals surface area (Å²) in [4.78, 5) is 8.90. The van der Waals surface area contributed by atoms with Gasteiger partial charge in [-0.1, -0.05) is 0 Å². The molecule has 2 aliphatic rings. The highest BCUT2D eigenvalue weighted by Gasteiger charge is 2.51. The van der Waals surface area contributed by atoms with Gasteiger partial charge in [-0.15, -0.1) is 0 Å². The minimum absolute atomic E-state index is 0.0405. The van der Waals surface area contributed by atoms with E-state index in [4.69, 9.17) is 9.90 Å². The molecule has 0 aromatic carbocycles. The second-order valence-corrected chi connectivity index (χ2v) is 5.86. The summed E-state index contributed by atoms with van der Waals surface area (Å²) >= 11 is 0. The van der Waals surface area contributed by atoms with E-state index < -0.39 is 22.0 Å². The summed E-state index contributed by atoms with van der Waals surface area (Å²) in [5, 5.41) is 10.3. The molecule has 2 saturated heterocycles. The van der Waals surface area contributed by atoms with Gasteiger partial charge in [0.25, 0.3) is 0 Å². The number of aliphatic carboxylic acids is 1. The van der Waals surface area contributed by atoms with Crippen LogP contribution in [0, 0.1) is 0 Å². The fraction of sp³-hybridized carbons (Fsp3) is 0.857. The molecule has 0 unspecified atom stereocenters. The van der Waals surface area contributed by atoms with Crippen LogP contribution in [0.1, 0.15) is 6.42 Å². The Morgan fingerprint density at radius 1 is 1.31 bits per heavy atom. The normalized spacial score (nSPS) is 24.7. The van der Waals surface area contributed by atoms with Crippen LogP contribution in [0.25, 0.3) is 0 Å². The highest BCUT2D eigenvalue weighted by Crippen LogP contribution is 2.31. The summed E-state index contributed by atoms with van der Waals surface area (Å²) in [6.45, 7) is 0.996. The number of carbonyl (C=O) groups is 1. The Balaban J connectivity index is 0.000000168. The maximum Gasteiger partial charge on any atom is 0.490 e. The van der Waals surface area contributed by atoms with E-state index in [-0.39, 0.29) is 5.54 Å². The molecule has 2 aliphatic heterocycles. The van der Waals surface area contributed by atoms with E-state index >= 15 is 0 Å². The molecule has 94 valence electrons. The number of nitrogens with one attached hydrogen (secondary N) is 1. The summed E-state index contributed by atoms with van der Waals surface area (Å²) in [6, 6.07) is 0. The minimum Gasteiger partial charge on any atom is -0.475 e. The highest BCUT2D eigenvalue weighted by atomic mass is 32.2. The van der Waals surface area contributed by atoms with Crippen LogP contribution >= 0.6 is 0 Å². The summed E-state index contributed by atoms with van der Waals surface area (Å²) in [6.07, 6.45) is -4.04. The molecule has 0 aromatic heterocycles. The number of carboxylic acid groups (broad SMARTS) is 1. The van der Waals surface area contributed by atoms with Gasteiger partial charge < -0.3 is 10.4 Å². The van der Waals surface area contributed by atoms with Crippen molar-refractivity contribution in [1.82, 2.24) is 5.32 Å². The first-order chi connectivity index (χ1) is 7.06. The van der Waals surface area contributed by atoms with Gasteiger partial charge in [-0.3, -0.25) is 0 Å². The van der Waals surface area contributed by atoms with Gasteiger partial charge in [0, 0.05) is 5.54 Å². The van der Waals surface area contributed by atoms with Crippen molar-refractivity contribution >= 4 is 15.8 Å². The Hall–Kier alpha value is -0.830. The predicted molar refractivity (Wildman–Crippen MR) is 47.7 cm³/mol. The van der Waals surface area contributed by atoms with Gasteiger partial charge in [-0.25, -0.2) is 13.2 Å². The summed E-state index contributed by atoms with van der Waals surface area (Å²) in [5.74, 6) is -2.01. The fourth-order valence-electron chi connectivity index (χ4n) is 1.52. The van der Waals surface area contributed by atoms with Crippen molar-refractivity contribution in [2.24, 2.45) is 0 Å². The molecule has 16 heavy (non-hydrogen) atoms. The molecule has 0 amide bonds. The molecule has 2 fully saturated rings. The van der Waals surface area contributed by atoms with Gasteiger partial charge in [0.05, 0.1) is 11.5 Å². The third-order valence-electron chi connectivity index (χ3n) is 2.34. The van der Waals surface area contributed by atoms with Crippen LogP contribution in [0.3, 0.4) is 0 Å². The van der Waals surface area contributed by atoms with Crippen molar-refractivity contribution in [2.75, 3.05) is 18.1 Å². The molecule has 5 nitrogen and oxygen atoms in total. The molecule has 0 atom stereocenters.